The summed E-state index contributed by atoms with van der Waals surface area (Å²) in [5, 5.41) is 9.92. The highest BCUT2D eigenvalue weighted by Gasteiger charge is 2.12. The van der Waals surface area contributed by atoms with Gasteiger partial charge in [0.05, 0.1) is 6.61 Å². The first kappa shape index (κ1) is 18.8. The van der Waals surface area contributed by atoms with Crippen molar-refractivity contribution in [3.05, 3.63) is 64.9 Å². The molecular weight excluding hydrogens is 360 g/mol. The van der Waals surface area contributed by atoms with E-state index in [-0.39, 0.29) is 12.5 Å². The largest absolute Gasteiger partial charge is 0.494 e. The highest BCUT2D eigenvalue weighted by Crippen LogP contribution is 2.17. The van der Waals surface area contributed by atoms with Crippen LogP contribution in [-0.2, 0) is 11.3 Å². The topological polar surface area (TPSA) is 71.9 Å². The van der Waals surface area contributed by atoms with Crippen molar-refractivity contribution in [1.29, 1.82) is 0 Å². The molecule has 0 radical (unpaired) electrons. The zero-order valence-corrected chi connectivity index (χ0v) is 16.0. The summed E-state index contributed by atoms with van der Waals surface area (Å²) < 4.78 is 7.74. The summed E-state index contributed by atoms with van der Waals surface area (Å²) >= 11 is 5.27. The number of H-pyrrole nitrogens is 1. The summed E-state index contributed by atoms with van der Waals surface area (Å²) in [6, 6.07) is 17.6. The van der Waals surface area contributed by atoms with Crippen molar-refractivity contribution in [3.63, 3.8) is 0 Å². The summed E-state index contributed by atoms with van der Waals surface area (Å²) in [5.41, 5.74) is 2.08. The number of ether oxygens (including phenoxy) is 1. The van der Waals surface area contributed by atoms with Gasteiger partial charge in [-0.05, 0) is 37.7 Å². The van der Waals surface area contributed by atoms with Gasteiger partial charge in [0.1, 0.15) is 12.3 Å². The Bertz CT molecular complexity index is 933. The molecule has 27 heavy (non-hydrogen) atoms. The Kier molecular flexibility index (Phi) is 6.38. The first-order chi connectivity index (χ1) is 13.1. The Morgan fingerprint density at radius 3 is 2.67 bits per heavy atom. The smallest absolute Gasteiger partial charge is 0.240 e. The molecule has 0 spiro atoms. The van der Waals surface area contributed by atoms with Gasteiger partial charge in [0.2, 0.25) is 5.91 Å². The van der Waals surface area contributed by atoms with Crippen LogP contribution < -0.4 is 10.1 Å². The number of aromatic amines is 1. The zero-order valence-electron chi connectivity index (χ0n) is 15.1. The molecule has 0 bridgehead atoms. The fourth-order valence-electron chi connectivity index (χ4n) is 2.59. The Balaban J connectivity index is 1.50. The minimum absolute atomic E-state index is 0.111. The molecule has 1 amide bonds. The Labute approximate surface area is 163 Å². The third-order valence-corrected chi connectivity index (χ3v) is 4.34. The predicted octanol–water partition coefficient (Wildman–Crippen LogP) is 3.50. The second kappa shape index (κ2) is 9.14. The average Bonchev–Trinajstić information content (AvgIpc) is 3.03. The van der Waals surface area contributed by atoms with Gasteiger partial charge >= 0.3 is 0 Å². The SMILES string of the molecule is Cc1ccc(-c2n[nH]c(=S)n2CC(=O)NCCCOc2ccccc2)cc1. The molecular formula is C20H22N4O2S. The van der Waals surface area contributed by atoms with Gasteiger partial charge in [-0.1, -0.05) is 48.0 Å². The number of hydrogen-bond donors (Lipinski definition) is 2. The van der Waals surface area contributed by atoms with E-state index in [1.165, 1.54) is 0 Å². The number of rotatable bonds is 8. The molecule has 0 atom stereocenters. The van der Waals surface area contributed by atoms with E-state index < -0.39 is 0 Å². The van der Waals surface area contributed by atoms with Gasteiger partial charge in [-0.3, -0.25) is 14.5 Å². The highest BCUT2D eigenvalue weighted by atomic mass is 32.1. The first-order valence-corrected chi connectivity index (χ1v) is 9.21. The number of benzene rings is 2. The maximum atomic E-state index is 12.3. The number of hydrogen-bond acceptors (Lipinski definition) is 4. The van der Waals surface area contributed by atoms with Crippen LogP contribution in [-0.4, -0.2) is 33.8 Å². The molecule has 0 unspecified atom stereocenters. The van der Waals surface area contributed by atoms with Crippen LogP contribution in [0, 0.1) is 11.7 Å². The van der Waals surface area contributed by atoms with Gasteiger partial charge in [-0.2, -0.15) is 5.10 Å². The maximum Gasteiger partial charge on any atom is 0.240 e. The molecule has 140 valence electrons. The van der Waals surface area contributed by atoms with Gasteiger partial charge in [0.15, 0.2) is 10.6 Å². The Hall–Kier alpha value is -2.93. The van der Waals surface area contributed by atoms with E-state index >= 15 is 0 Å². The van der Waals surface area contributed by atoms with Gasteiger partial charge in [0, 0.05) is 12.1 Å². The van der Waals surface area contributed by atoms with Gasteiger partial charge in [0.25, 0.3) is 0 Å². The summed E-state index contributed by atoms with van der Waals surface area (Å²) in [5.74, 6) is 1.37. The fourth-order valence-corrected chi connectivity index (χ4v) is 2.79. The van der Waals surface area contributed by atoms with Crippen molar-refractivity contribution in [2.45, 2.75) is 19.9 Å². The number of para-hydroxylation sites is 1. The summed E-state index contributed by atoms with van der Waals surface area (Å²) in [7, 11) is 0. The maximum absolute atomic E-state index is 12.3. The van der Waals surface area contributed by atoms with E-state index in [2.05, 4.69) is 15.5 Å². The molecule has 2 aromatic carbocycles. The molecule has 1 heterocycles. The van der Waals surface area contributed by atoms with E-state index in [1.54, 1.807) is 4.57 Å². The molecule has 6 nitrogen and oxygen atoms in total. The molecule has 0 saturated heterocycles. The normalized spacial score (nSPS) is 10.6. The predicted molar refractivity (Wildman–Crippen MR) is 107 cm³/mol. The van der Waals surface area contributed by atoms with Crippen LogP contribution >= 0.6 is 12.2 Å². The van der Waals surface area contributed by atoms with Crippen LogP contribution in [0.25, 0.3) is 11.4 Å². The number of aromatic nitrogens is 3. The Morgan fingerprint density at radius 2 is 1.93 bits per heavy atom. The van der Waals surface area contributed by atoms with E-state index in [4.69, 9.17) is 17.0 Å². The third kappa shape index (κ3) is 5.27. The Morgan fingerprint density at radius 1 is 1.19 bits per heavy atom. The molecule has 3 rings (SSSR count). The molecule has 0 aliphatic heterocycles. The van der Waals surface area contributed by atoms with Crippen molar-refractivity contribution in [1.82, 2.24) is 20.1 Å². The van der Waals surface area contributed by atoms with Gasteiger partial charge < -0.3 is 10.1 Å². The van der Waals surface area contributed by atoms with Crippen LogP contribution in [0.5, 0.6) is 5.75 Å². The van der Waals surface area contributed by atoms with Crippen LogP contribution in [0.15, 0.2) is 54.6 Å². The second-order valence-corrected chi connectivity index (χ2v) is 6.56. The van der Waals surface area contributed by atoms with Crippen molar-refractivity contribution in [3.8, 4) is 17.1 Å². The van der Waals surface area contributed by atoms with Crippen molar-refractivity contribution in [2.75, 3.05) is 13.2 Å². The average molecular weight is 382 g/mol. The van der Waals surface area contributed by atoms with Gasteiger partial charge in [-0.25, -0.2) is 0 Å². The van der Waals surface area contributed by atoms with Gasteiger partial charge in [-0.15, -0.1) is 0 Å². The zero-order chi connectivity index (χ0) is 19.1. The van der Waals surface area contributed by atoms with Crippen LogP contribution in [0.3, 0.4) is 0 Å². The molecule has 0 saturated carbocycles. The van der Waals surface area contributed by atoms with E-state index in [0.29, 0.717) is 23.7 Å². The lowest BCUT2D eigenvalue weighted by Gasteiger charge is -2.09. The van der Waals surface area contributed by atoms with Crippen LogP contribution in [0.2, 0.25) is 0 Å². The molecule has 7 heteroatoms. The van der Waals surface area contributed by atoms with E-state index in [9.17, 15) is 4.79 Å². The van der Waals surface area contributed by atoms with Crippen molar-refractivity contribution < 1.29 is 9.53 Å². The summed E-state index contributed by atoms with van der Waals surface area (Å²) in [6.45, 7) is 3.23. The molecule has 0 fully saturated rings. The van der Waals surface area contributed by atoms with Crippen LogP contribution in [0.1, 0.15) is 12.0 Å². The summed E-state index contributed by atoms with van der Waals surface area (Å²) in [4.78, 5) is 12.3. The first-order valence-electron chi connectivity index (χ1n) is 8.80. The number of carbonyl (C=O) groups excluding carboxylic acids is 1. The lowest BCUT2D eigenvalue weighted by molar-refractivity contribution is -0.121. The molecule has 3 aromatic rings. The van der Waals surface area contributed by atoms with E-state index in [1.807, 2.05) is 61.5 Å². The fraction of sp³-hybridized carbons (Fsp3) is 0.250. The lowest BCUT2D eigenvalue weighted by Crippen LogP contribution is -2.29. The highest BCUT2D eigenvalue weighted by molar-refractivity contribution is 7.71. The number of nitrogens with zero attached hydrogens (tertiary/aromatic N) is 2. The summed E-state index contributed by atoms with van der Waals surface area (Å²) in [6.07, 6.45) is 0.724. The van der Waals surface area contributed by atoms with E-state index in [0.717, 1.165) is 23.3 Å². The minimum Gasteiger partial charge on any atom is -0.494 e. The standard InChI is InChI=1S/C20H22N4O2S/c1-15-8-10-16(11-9-15)19-22-23-20(27)24(19)14-18(25)21-12-5-13-26-17-6-3-2-4-7-17/h2-4,6-11H,5,12-14H2,1H3,(H,21,25)(H,23,27). The third-order valence-electron chi connectivity index (χ3n) is 4.02. The molecule has 0 aliphatic carbocycles. The van der Waals surface area contributed by atoms with Crippen LogP contribution in [0.4, 0.5) is 0 Å². The molecule has 1 aromatic heterocycles. The number of carbonyl (C=O) groups is 1. The van der Waals surface area contributed by atoms with Crippen molar-refractivity contribution >= 4 is 18.1 Å². The quantitative estimate of drug-likeness (QED) is 0.462. The van der Waals surface area contributed by atoms with Crippen molar-refractivity contribution in [2.24, 2.45) is 0 Å². The number of nitrogens with one attached hydrogen (secondary N) is 2. The second-order valence-electron chi connectivity index (χ2n) is 6.17. The molecule has 0 aliphatic rings. The number of amides is 1. The monoisotopic (exact) mass is 382 g/mol. The number of aryl methyl sites for hydroxylation is 1. The minimum atomic E-state index is -0.111. The molecule has 2 N–H and O–H groups in total. The lowest BCUT2D eigenvalue weighted by atomic mass is 10.1.